The number of alkyl halides is 3. The minimum Gasteiger partial charge on any atom is -0.384 e. The van der Waals surface area contributed by atoms with E-state index >= 15 is 0 Å². The Kier molecular flexibility index (Phi) is 6.03. The number of hydrogen-bond acceptors (Lipinski definition) is 7. The van der Waals surface area contributed by atoms with Crippen LogP contribution < -0.4 is 16.8 Å². The molecule has 0 unspecified atom stereocenters. The van der Waals surface area contributed by atoms with Gasteiger partial charge in [-0.05, 0) is 30.7 Å². The number of halogens is 3. The maximum Gasteiger partial charge on any atom is 0.416 e. The fraction of sp³-hybridized carbons (Fsp3) is 0.273. The number of aromatic nitrogens is 3. The molecule has 0 bridgehead atoms. The molecule has 1 amide bonds. The van der Waals surface area contributed by atoms with Crippen molar-refractivity contribution in [3.63, 3.8) is 0 Å². The Balaban J connectivity index is 1.72. The molecule has 1 saturated heterocycles. The average molecular weight is 457 g/mol. The zero-order chi connectivity index (χ0) is 23.6. The van der Waals surface area contributed by atoms with E-state index in [9.17, 15) is 18.0 Å². The van der Waals surface area contributed by atoms with Gasteiger partial charge >= 0.3 is 6.18 Å². The summed E-state index contributed by atoms with van der Waals surface area (Å²) in [6.07, 6.45) is -1.69. The Morgan fingerprint density at radius 1 is 1.09 bits per heavy atom. The van der Waals surface area contributed by atoms with E-state index < -0.39 is 11.7 Å². The number of carbonyl (C=O) groups is 1. The summed E-state index contributed by atoms with van der Waals surface area (Å²) in [6.45, 7) is 1.53. The molecule has 3 heterocycles. The fourth-order valence-corrected chi connectivity index (χ4v) is 3.69. The van der Waals surface area contributed by atoms with Crippen LogP contribution in [0.5, 0.6) is 0 Å². The van der Waals surface area contributed by atoms with Crippen LogP contribution in [-0.4, -0.2) is 45.4 Å². The molecule has 0 atom stereocenters. The van der Waals surface area contributed by atoms with Gasteiger partial charge in [0.15, 0.2) is 0 Å². The molecule has 1 aliphatic rings. The van der Waals surface area contributed by atoms with Crippen LogP contribution in [0.25, 0.3) is 22.4 Å². The second-order valence-corrected chi connectivity index (χ2v) is 7.62. The van der Waals surface area contributed by atoms with Crippen molar-refractivity contribution in [1.29, 1.82) is 0 Å². The molecular formula is C22H22F3N7O. The lowest BCUT2D eigenvalue weighted by Crippen LogP contribution is -2.30. The summed E-state index contributed by atoms with van der Waals surface area (Å²) in [5, 5.41) is 3.02. The van der Waals surface area contributed by atoms with E-state index in [1.165, 1.54) is 18.3 Å². The molecule has 0 radical (unpaired) electrons. The first-order chi connectivity index (χ1) is 15.7. The highest BCUT2D eigenvalue weighted by Gasteiger charge is 2.31. The normalized spacial score (nSPS) is 14.0. The Labute approximate surface area is 187 Å². The topological polar surface area (TPSA) is 123 Å². The highest BCUT2D eigenvalue weighted by Crippen LogP contribution is 2.37. The number of benzene rings is 1. The number of hydrogen-bond donors (Lipinski definition) is 3. The molecule has 2 aromatic heterocycles. The monoisotopic (exact) mass is 457 g/mol. The van der Waals surface area contributed by atoms with Crippen LogP contribution in [0.4, 0.5) is 30.8 Å². The van der Waals surface area contributed by atoms with Gasteiger partial charge in [-0.15, -0.1) is 0 Å². The van der Waals surface area contributed by atoms with Gasteiger partial charge in [-0.1, -0.05) is 12.1 Å². The summed E-state index contributed by atoms with van der Waals surface area (Å²) in [7, 11) is 0. The number of likely N-dealkylation sites (tertiary alicyclic amines) is 1. The lowest BCUT2D eigenvalue weighted by Gasteiger charge is -2.18. The lowest BCUT2D eigenvalue weighted by molar-refractivity contribution is -0.137. The van der Waals surface area contributed by atoms with Crippen molar-refractivity contribution >= 4 is 23.5 Å². The summed E-state index contributed by atoms with van der Waals surface area (Å²) >= 11 is 0. The quantitative estimate of drug-likeness (QED) is 0.518. The number of rotatable bonds is 6. The van der Waals surface area contributed by atoms with Crippen molar-refractivity contribution in [2.75, 3.05) is 36.4 Å². The molecule has 8 nitrogen and oxygen atoms in total. The predicted octanol–water partition coefficient (Wildman–Crippen LogP) is 3.42. The summed E-state index contributed by atoms with van der Waals surface area (Å²) < 4.78 is 40.0. The van der Waals surface area contributed by atoms with E-state index in [4.69, 9.17) is 11.5 Å². The number of carbonyl (C=O) groups excluding carboxylic acids is 1. The van der Waals surface area contributed by atoms with Gasteiger partial charge in [-0.25, -0.2) is 9.97 Å². The summed E-state index contributed by atoms with van der Waals surface area (Å²) in [5.41, 5.74) is 12.4. The van der Waals surface area contributed by atoms with Crippen LogP contribution in [-0.2, 0) is 11.0 Å². The number of nitrogen functional groups attached to an aromatic ring is 2. The second kappa shape index (κ2) is 8.93. The third-order valence-electron chi connectivity index (χ3n) is 5.31. The maximum absolute atomic E-state index is 13.3. The predicted molar refractivity (Wildman–Crippen MR) is 119 cm³/mol. The SMILES string of the molecule is Nc1ccc(-c2c(N)nc(NCCN3CCCC3=O)nc2-c2cccc(C(F)(F)F)c2)cn1. The number of nitrogens with two attached hydrogens (primary N) is 2. The highest BCUT2D eigenvalue weighted by molar-refractivity contribution is 5.88. The van der Waals surface area contributed by atoms with Crippen molar-refractivity contribution in [2.24, 2.45) is 0 Å². The largest absolute Gasteiger partial charge is 0.416 e. The molecule has 3 aromatic rings. The minimum absolute atomic E-state index is 0.0729. The highest BCUT2D eigenvalue weighted by atomic mass is 19.4. The molecule has 172 valence electrons. The van der Waals surface area contributed by atoms with Crippen LogP contribution in [0.3, 0.4) is 0 Å². The lowest BCUT2D eigenvalue weighted by atomic mass is 9.99. The zero-order valence-electron chi connectivity index (χ0n) is 17.6. The first kappa shape index (κ1) is 22.3. The molecular weight excluding hydrogens is 435 g/mol. The Morgan fingerprint density at radius 2 is 1.91 bits per heavy atom. The molecule has 4 rings (SSSR count). The van der Waals surface area contributed by atoms with Crippen molar-refractivity contribution in [2.45, 2.75) is 19.0 Å². The number of nitrogens with zero attached hydrogens (tertiary/aromatic N) is 4. The minimum atomic E-state index is -4.51. The van der Waals surface area contributed by atoms with Crippen LogP contribution in [0.1, 0.15) is 18.4 Å². The average Bonchev–Trinajstić information content (AvgIpc) is 3.18. The molecule has 0 spiro atoms. The molecule has 33 heavy (non-hydrogen) atoms. The Morgan fingerprint density at radius 3 is 2.58 bits per heavy atom. The number of nitrogens with one attached hydrogen (secondary N) is 1. The Bertz CT molecular complexity index is 1170. The first-order valence-corrected chi connectivity index (χ1v) is 10.3. The van der Waals surface area contributed by atoms with Gasteiger partial charge in [-0.3, -0.25) is 4.79 Å². The summed E-state index contributed by atoms with van der Waals surface area (Å²) in [6, 6.07) is 8.06. The number of anilines is 3. The van der Waals surface area contributed by atoms with Crippen molar-refractivity contribution in [3.05, 3.63) is 48.2 Å². The maximum atomic E-state index is 13.3. The smallest absolute Gasteiger partial charge is 0.384 e. The van der Waals surface area contributed by atoms with E-state index in [0.29, 0.717) is 37.2 Å². The molecule has 11 heteroatoms. The van der Waals surface area contributed by atoms with Crippen LogP contribution in [0.2, 0.25) is 0 Å². The van der Waals surface area contributed by atoms with Crippen LogP contribution in [0, 0.1) is 0 Å². The van der Waals surface area contributed by atoms with Gasteiger partial charge in [-0.2, -0.15) is 18.2 Å². The first-order valence-electron chi connectivity index (χ1n) is 10.3. The van der Waals surface area contributed by atoms with Crippen LogP contribution >= 0.6 is 0 Å². The van der Waals surface area contributed by atoms with Gasteiger partial charge in [0.2, 0.25) is 11.9 Å². The fourth-order valence-electron chi connectivity index (χ4n) is 3.69. The molecule has 0 saturated carbocycles. The van der Waals surface area contributed by atoms with E-state index in [1.54, 1.807) is 17.0 Å². The molecule has 1 aliphatic heterocycles. The zero-order valence-corrected chi connectivity index (χ0v) is 17.6. The van der Waals surface area contributed by atoms with Crippen molar-refractivity contribution < 1.29 is 18.0 Å². The third-order valence-corrected chi connectivity index (χ3v) is 5.31. The van der Waals surface area contributed by atoms with E-state index in [-0.39, 0.29) is 34.7 Å². The number of pyridine rings is 1. The molecule has 1 fully saturated rings. The third kappa shape index (κ3) is 4.97. The van der Waals surface area contributed by atoms with Crippen molar-refractivity contribution in [3.8, 4) is 22.4 Å². The van der Waals surface area contributed by atoms with E-state index in [1.807, 2.05) is 0 Å². The van der Waals surface area contributed by atoms with Gasteiger partial charge in [0.25, 0.3) is 0 Å². The summed E-state index contributed by atoms with van der Waals surface area (Å²) in [5.74, 6) is 0.601. The number of amides is 1. The Hall–Kier alpha value is -3.89. The van der Waals surface area contributed by atoms with Crippen molar-refractivity contribution in [1.82, 2.24) is 19.9 Å². The molecule has 0 aliphatic carbocycles. The van der Waals surface area contributed by atoms with Crippen LogP contribution in [0.15, 0.2) is 42.6 Å². The summed E-state index contributed by atoms with van der Waals surface area (Å²) in [4.78, 5) is 26.3. The standard InChI is InChI=1S/C22H22F3N7O/c23-22(24,25)15-4-1-3-13(11-15)19-18(14-6-7-16(26)29-12-14)20(27)31-21(30-19)28-8-10-32-9-2-5-17(32)33/h1,3-4,6-7,11-12H,2,5,8-10H2,(H2,26,29)(H3,27,28,30,31). The van der Waals surface area contributed by atoms with Gasteiger partial charge in [0.1, 0.15) is 11.6 Å². The van der Waals surface area contributed by atoms with E-state index in [0.717, 1.165) is 18.6 Å². The van der Waals surface area contributed by atoms with E-state index in [2.05, 4.69) is 20.3 Å². The molecule has 5 N–H and O–H groups in total. The van der Waals surface area contributed by atoms with Gasteiger partial charge < -0.3 is 21.7 Å². The van der Waals surface area contributed by atoms with Gasteiger partial charge in [0.05, 0.1) is 16.8 Å². The van der Waals surface area contributed by atoms with Gasteiger partial charge in [0, 0.05) is 43.4 Å². The molecule has 1 aromatic carbocycles. The second-order valence-electron chi connectivity index (χ2n) is 7.62.